The molecule has 0 spiro atoms. The summed E-state index contributed by atoms with van der Waals surface area (Å²) in [7, 11) is 2.20. The average Bonchev–Trinajstić information content (AvgIpc) is 2.89. The van der Waals surface area contributed by atoms with E-state index in [4.69, 9.17) is 11.6 Å². The molecule has 1 fully saturated rings. The van der Waals surface area contributed by atoms with Crippen LogP contribution in [0.2, 0.25) is 5.15 Å². The maximum absolute atomic E-state index is 6.09. The van der Waals surface area contributed by atoms with Gasteiger partial charge in [0, 0.05) is 19.1 Å². The van der Waals surface area contributed by atoms with Crippen LogP contribution in [0.3, 0.4) is 0 Å². The van der Waals surface area contributed by atoms with Crippen LogP contribution in [0.4, 0.5) is 5.82 Å². The maximum atomic E-state index is 6.09. The Balaban J connectivity index is 1.83. The number of aromatic nitrogens is 2. The standard InChI is InChI=1S/C14H23ClN4/c1-10-11(2)18-14(13(15)17-10)16-8-9-19(3)12-6-4-5-7-12/h12H,4-9H2,1-3H3,(H,16,18). The summed E-state index contributed by atoms with van der Waals surface area (Å²) in [5.41, 5.74) is 1.81. The second-order valence-electron chi connectivity index (χ2n) is 5.38. The summed E-state index contributed by atoms with van der Waals surface area (Å²) in [5.74, 6) is 0.699. The van der Waals surface area contributed by atoms with E-state index >= 15 is 0 Å². The van der Waals surface area contributed by atoms with Gasteiger partial charge in [-0.25, -0.2) is 9.97 Å². The average molecular weight is 283 g/mol. The lowest BCUT2D eigenvalue weighted by Gasteiger charge is -2.24. The van der Waals surface area contributed by atoms with Gasteiger partial charge in [-0.15, -0.1) is 0 Å². The number of hydrogen-bond donors (Lipinski definition) is 1. The highest BCUT2D eigenvalue weighted by molar-refractivity contribution is 6.31. The molecule has 0 bridgehead atoms. The van der Waals surface area contributed by atoms with Gasteiger partial charge in [0.2, 0.25) is 0 Å². The minimum absolute atomic E-state index is 0.464. The van der Waals surface area contributed by atoms with Crippen molar-refractivity contribution in [1.82, 2.24) is 14.9 Å². The van der Waals surface area contributed by atoms with Crippen LogP contribution in [-0.2, 0) is 0 Å². The molecule has 0 aromatic carbocycles. The summed E-state index contributed by atoms with van der Waals surface area (Å²) in [6.07, 6.45) is 5.41. The lowest BCUT2D eigenvalue weighted by atomic mass is 10.2. The number of likely N-dealkylation sites (N-methyl/N-ethyl adjacent to an activating group) is 1. The third-order valence-corrected chi connectivity index (χ3v) is 4.23. The lowest BCUT2D eigenvalue weighted by Crippen LogP contribution is -2.33. The predicted molar refractivity (Wildman–Crippen MR) is 79.9 cm³/mol. The highest BCUT2D eigenvalue weighted by atomic mass is 35.5. The second kappa shape index (κ2) is 6.53. The van der Waals surface area contributed by atoms with Crippen LogP contribution in [0.25, 0.3) is 0 Å². The smallest absolute Gasteiger partial charge is 0.171 e. The summed E-state index contributed by atoms with van der Waals surface area (Å²) in [5, 5.41) is 3.75. The van der Waals surface area contributed by atoms with Crippen LogP contribution < -0.4 is 5.32 Å². The first-order chi connectivity index (χ1) is 9.08. The van der Waals surface area contributed by atoms with Crippen LogP contribution in [-0.4, -0.2) is 41.0 Å². The van der Waals surface area contributed by atoms with Crippen molar-refractivity contribution < 1.29 is 0 Å². The van der Waals surface area contributed by atoms with Crippen LogP contribution in [0, 0.1) is 13.8 Å². The van der Waals surface area contributed by atoms with Crippen molar-refractivity contribution in [3.63, 3.8) is 0 Å². The van der Waals surface area contributed by atoms with Crippen molar-refractivity contribution in [2.75, 3.05) is 25.5 Å². The number of hydrogen-bond acceptors (Lipinski definition) is 4. The van der Waals surface area contributed by atoms with Gasteiger partial charge in [0.1, 0.15) is 0 Å². The minimum Gasteiger partial charge on any atom is -0.366 e. The fourth-order valence-corrected chi connectivity index (χ4v) is 2.80. The molecular formula is C14H23ClN4. The topological polar surface area (TPSA) is 41.1 Å². The van der Waals surface area contributed by atoms with Gasteiger partial charge in [-0.1, -0.05) is 24.4 Å². The van der Waals surface area contributed by atoms with Gasteiger partial charge in [-0.2, -0.15) is 0 Å². The Morgan fingerprint density at radius 1 is 1.21 bits per heavy atom. The Kier molecular flexibility index (Phi) is 4.99. The van der Waals surface area contributed by atoms with E-state index in [2.05, 4.69) is 27.2 Å². The molecule has 0 unspecified atom stereocenters. The molecule has 0 amide bonds. The highest BCUT2D eigenvalue weighted by Crippen LogP contribution is 2.22. The first kappa shape index (κ1) is 14.5. The zero-order valence-electron chi connectivity index (χ0n) is 12.0. The van der Waals surface area contributed by atoms with Crippen LogP contribution >= 0.6 is 11.6 Å². The zero-order chi connectivity index (χ0) is 13.8. The third kappa shape index (κ3) is 3.80. The molecule has 4 nitrogen and oxygen atoms in total. The van der Waals surface area contributed by atoms with Gasteiger partial charge in [0.25, 0.3) is 0 Å². The van der Waals surface area contributed by atoms with E-state index in [1.807, 2.05) is 13.8 Å². The lowest BCUT2D eigenvalue weighted by molar-refractivity contribution is 0.254. The van der Waals surface area contributed by atoms with Crippen LogP contribution in [0.1, 0.15) is 37.1 Å². The molecule has 1 saturated carbocycles. The summed E-state index contributed by atoms with van der Waals surface area (Å²) in [6.45, 7) is 5.74. The molecule has 1 aliphatic rings. The maximum Gasteiger partial charge on any atom is 0.171 e. The molecule has 19 heavy (non-hydrogen) atoms. The van der Waals surface area contributed by atoms with Crippen molar-refractivity contribution in [2.24, 2.45) is 0 Å². The number of halogens is 1. The molecule has 1 aliphatic carbocycles. The molecule has 0 atom stereocenters. The Morgan fingerprint density at radius 3 is 2.53 bits per heavy atom. The van der Waals surface area contributed by atoms with E-state index < -0.39 is 0 Å². The monoisotopic (exact) mass is 282 g/mol. The molecule has 1 aromatic rings. The van der Waals surface area contributed by atoms with Gasteiger partial charge in [-0.3, -0.25) is 0 Å². The molecule has 2 rings (SSSR count). The minimum atomic E-state index is 0.464. The van der Waals surface area contributed by atoms with Crippen molar-refractivity contribution in [3.05, 3.63) is 16.5 Å². The van der Waals surface area contributed by atoms with Crippen molar-refractivity contribution in [3.8, 4) is 0 Å². The van der Waals surface area contributed by atoms with Crippen LogP contribution in [0.15, 0.2) is 0 Å². The molecule has 0 radical (unpaired) electrons. The van der Waals surface area contributed by atoms with Crippen LogP contribution in [0.5, 0.6) is 0 Å². The van der Waals surface area contributed by atoms with Crippen molar-refractivity contribution in [1.29, 1.82) is 0 Å². The molecule has 106 valence electrons. The van der Waals surface area contributed by atoms with Gasteiger partial charge in [0.15, 0.2) is 11.0 Å². The molecule has 0 aliphatic heterocycles. The Labute approximate surface area is 120 Å². The number of nitrogens with zero attached hydrogens (tertiary/aromatic N) is 3. The van der Waals surface area contributed by atoms with E-state index in [9.17, 15) is 0 Å². The number of anilines is 1. The normalized spacial score (nSPS) is 16.3. The van der Waals surface area contributed by atoms with Gasteiger partial charge >= 0.3 is 0 Å². The first-order valence-corrected chi connectivity index (χ1v) is 7.40. The van der Waals surface area contributed by atoms with Gasteiger partial charge in [0.05, 0.1) is 11.4 Å². The predicted octanol–water partition coefficient (Wildman–Crippen LogP) is 3.03. The van der Waals surface area contributed by atoms with E-state index in [1.165, 1.54) is 25.7 Å². The Bertz CT molecular complexity index is 430. The largest absolute Gasteiger partial charge is 0.366 e. The van der Waals surface area contributed by atoms with Crippen molar-refractivity contribution in [2.45, 2.75) is 45.6 Å². The molecular weight excluding hydrogens is 260 g/mol. The number of aryl methyl sites for hydroxylation is 2. The molecule has 5 heteroatoms. The second-order valence-corrected chi connectivity index (χ2v) is 5.74. The Hall–Kier alpha value is -0.870. The van der Waals surface area contributed by atoms with Gasteiger partial charge < -0.3 is 10.2 Å². The van der Waals surface area contributed by atoms with E-state index in [0.29, 0.717) is 11.0 Å². The fraction of sp³-hybridized carbons (Fsp3) is 0.714. The van der Waals surface area contributed by atoms with E-state index in [0.717, 1.165) is 30.5 Å². The number of rotatable bonds is 5. The Morgan fingerprint density at radius 2 is 1.84 bits per heavy atom. The van der Waals surface area contributed by atoms with E-state index in [1.54, 1.807) is 0 Å². The summed E-state index contributed by atoms with van der Waals surface area (Å²) in [6, 6.07) is 0.753. The molecule has 1 N–H and O–H groups in total. The summed E-state index contributed by atoms with van der Waals surface area (Å²) < 4.78 is 0. The third-order valence-electron chi connectivity index (χ3n) is 3.97. The molecule has 1 aromatic heterocycles. The zero-order valence-corrected chi connectivity index (χ0v) is 12.8. The quantitative estimate of drug-likeness (QED) is 0.901. The molecule has 0 saturated heterocycles. The fourth-order valence-electron chi connectivity index (χ4n) is 2.57. The summed E-state index contributed by atoms with van der Waals surface area (Å²) >= 11 is 6.09. The van der Waals surface area contributed by atoms with Gasteiger partial charge in [-0.05, 0) is 33.7 Å². The number of nitrogens with one attached hydrogen (secondary N) is 1. The molecule has 1 heterocycles. The van der Waals surface area contributed by atoms with E-state index in [-0.39, 0.29) is 0 Å². The highest BCUT2D eigenvalue weighted by Gasteiger charge is 2.18. The SMILES string of the molecule is Cc1nc(Cl)c(NCCN(C)C2CCCC2)nc1C. The first-order valence-electron chi connectivity index (χ1n) is 7.03. The summed E-state index contributed by atoms with van der Waals surface area (Å²) in [4.78, 5) is 11.2. The van der Waals surface area contributed by atoms with Crippen molar-refractivity contribution >= 4 is 17.4 Å².